The quantitative estimate of drug-likeness (QED) is 0.169. The molecule has 0 aliphatic rings. The van der Waals surface area contributed by atoms with Crippen molar-refractivity contribution in [3.63, 3.8) is 0 Å². The first-order valence-electron chi connectivity index (χ1n) is 10.8. The van der Waals surface area contributed by atoms with Gasteiger partial charge in [0, 0.05) is 29.6 Å². The number of phenols is 1. The van der Waals surface area contributed by atoms with Crippen LogP contribution in [0.5, 0.6) is 5.75 Å². The van der Waals surface area contributed by atoms with Crippen LogP contribution >= 0.6 is 22.9 Å². The van der Waals surface area contributed by atoms with Crippen LogP contribution in [0.25, 0.3) is 0 Å². The van der Waals surface area contributed by atoms with E-state index in [-0.39, 0.29) is 52.3 Å². The van der Waals surface area contributed by atoms with Crippen LogP contribution in [0.4, 0.5) is 19.0 Å². The summed E-state index contributed by atoms with van der Waals surface area (Å²) in [6.07, 6.45) is -3.84. The lowest BCUT2D eigenvalue weighted by Gasteiger charge is -2.11. The summed E-state index contributed by atoms with van der Waals surface area (Å²) in [5, 5.41) is 14.6. The number of carbonyl (C=O) groups is 2. The SMILES string of the molecule is O=C(CCCNc1ncc(C(F)(F)F)cc1Cl)NNS(=O)(=O)c1ccc(CNC(=O)c2cccc(O)c2)s1. The lowest BCUT2D eigenvalue weighted by Crippen LogP contribution is -2.41. The second kappa shape index (κ2) is 12.4. The number of hydrogen-bond acceptors (Lipinski definition) is 8. The Labute approximate surface area is 224 Å². The summed E-state index contributed by atoms with van der Waals surface area (Å²) in [6.45, 7) is 0.187. The first-order chi connectivity index (χ1) is 17.8. The van der Waals surface area contributed by atoms with E-state index in [9.17, 15) is 36.3 Å². The van der Waals surface area contributed by atoms with Gasteiger partial charge in [-0.1, -0.05) is 17.7 Å². The number of aromatic hydroxyl groups is 1. The topological polar surface area (TPSA) is 150 Å². The summed E-state index contributed by atoms with van der Waals surface area (Å²) >= 11 is 6.68. The fraction of sp³-hybridized carbons (Fsp3) is 0.227. The van der Waals surface area contributed by atoms with Gasteiger partial charge in [-0.05, 0) is 42.8 Å². The molecule has 2 aromatic heterocycles. The number of pyridine rings is 1. The number of aromatic nitrogens is 1. The van der Waals surface area contributed by atoms with E-state index in [0.29, 0.717) is 11.1 Å². The van der Waals surface area contributed by atoms with Crippen molar-refractivity contribution < 1.29 is 36.3 Å². The van der Waals surface area contributed by atoms with E-state index in [1.165, 1.54) is 36.4 Å². The van der Waals surface area contributed by atoms with Crippen molar-refractivity contribution in [2.24, 2.45) is 0 Å². The summed E-state index contributed by atoms with van der Waals surface area (Å²) in [4.78, 5) is 30.3. The Hall–Kier alpha value is -3.40. The molecule has 204 valence electrons. The number of carbonyl (C=O) groups excluding carboxylic acids is 2. The molecule has 0 atom stereocenters. The van der Waals surface area contributed by atoms with Crippen LogP contribution in [0.15, 0.2) is 52.9 Å². The number of hydrogen-bond donors (Lipinski definition) is 5. The minimum Gasteiger partial charge on any atom is -0.508 e. The Bertz CT molecular complexity index is 1420. The number of phenolic OH excluding ortho intramolecular Hbond substituents is 1. The Morgan fingerprint density at radius 1 is 1.13 bits per heavy atom. The van der Waals surface area contributed by atoms with E-state index in [1.807, 2.05) is 4.83 Å². The highest BCUT2D eigenvalue weighted by molar-refractivity contribution is 7.91. The molecule has 0 spiro atoms. The lowest BCUT2D eigenvalue weighted by molar-refractivity contribution is -0.137. The highest BCUT2D eigenvalue weighted by atomic mass is 35.5. The lowest BCUT2D eigenvalue weighted by atomic mass is 10.2. The summed E-state index contributed by atoms with van der Waals surface area (Å²) in [6, 6.07) is 9.31. The molecular formula is C22H21ClF3N5O5S2. The molecule has 0 radical (unpaired) electrons. The molecule has 38 heavy (non-hydrogen) atoms. The fourth-order valence-corrected chi connectivity index (χ4v) is 5.32. The minimum atomic E-state index is -4.57. The zero-order valence-corrected chi connectivity index (χ0v) is 21.7. The first-order valence-corrected chi connectivity index (χ1v) is 13.5. The van der Waals surface area contributed by atoms with Crippen molar-refractivity contribution in [3.8, 4) is 5.75 Å². The van der Waals surface area contributed by atoms with Gasteiger partial charge in [0.05, 0.1) is 17.1 Å². The molecule has 10 nitrogen and oxygen atoms in total. The predicted molar refractivity (Wildman–Crippen MR) is 134 cm³/mol. The van der Waals surface area contributed by atoms with Crippen molar-refractivity contribution >= 4 is 50.6 Å². The highest BCUT2D eigenvalue weighted by Gasteiger charge is 2.31. The number of thiophene rings is 1. The number of benzene rings is 1. The third-order valence-corrected chi connectivity index (χ3v) is 7.91. The third-order valence-electron chi connectivity index (χ3n) is 4.80. The monoisotopic (exact) mass is 591 g/mol. The smallest absolute Gasteiger partial charge is 0.417 e. The molecule has 2 heterocycles. The van der Waals surface area contributed by atoms with Crippen molar-refractivity contribution in [2.45, 2.75) is 29.8 Å². The van der Waals surface area contributed by atoms with Gasteiger partial charge in [0.2, 0.25) is 5.91 Å². The van der Waals surface area contributed by atoms with Gasteiger partial charge in [-0.2, -0.15) is 13.2 Å². The van der Waals surface area contributed by atoms with Crippen molar-refractivity contribution in [1.29, 1.82) is 0 Å². The summed E-state index contributed by atoms with van der Waals surface area (Å²) < 4.78 is 62.8. The molecule has 2 amide bonds. The molecule has 0 saturated heterocycles. The molecule has 0 saturated carbocycles. The van der Waals surface area contributed by atoms with E-state index in [2.05, 4.69) is 21.0 Å². The van der Waals surface area contributed by atoms with Crippen LogP contribution in [0.3, 0.4) is 0 Å². The van der Waals surface area contributed by atoms with Crippen LogP contribution in [0.1, 0.15) is 33.6 Å². The predicted octanol–water partition coefficient (Wildman–Crippen LogP) is 3.65. The van der Waals surface area contributed by atoms with E-state index in [1.54, 1.807) is 0 Å². The third kappa shape index (κ3) is 8.31. The molecule has 16 heteroatoms. The van der Waals surface area contributed by atoms with Gasteiger partial charge in [0.1, 0.15) is 15.8 Å². The van der Waals surface area contributed by atoms with Crippen molar-refractivity contribution in [2.75, 3.05) is 11.9 Å². The second-order valence-corrected chi connectivity index (χ2v) is 11.2. The van der Waals surface area contributed by atoms with Gasteiger partial charge in [-0.25, -0.2) is 13.4 Å². The van der Waals surface area contributed by atoms with E-state index in [0.717, 1.165) is 17.4 Å². The van der Waals surface area contributed by atoms with Gasteiger partial charge in [-0.15, -0.1) is 16.2 Å². The standard InChI is InChI=1S/C22H21ClF3N5O5S2/c23-17-10-14(22(24,25)26)11-28-20(17)27-8-2-5-18(33)30-31-38(35,36)19-7-6-16(37-19)12-29-21(34)13-3-1-4-15(32)9-13/h1,3-4,6-7,9-11,31-32H,2,5,8,12H2,(H,27,28)(H,29,34)(H,30,33). The maximum absolute atomic E-state index is 12.7. The zero-order chi connectivity index (χ0) is 27.9. The van der Waals surface area contributed by atoms with Gasteiger partial charge in [0.15, 0.2) is 0 Å². The average molecular weight is 592 g/mol. The highest BCUT2D eigenvalue weighted by Crippen LogP contribution is 2.32. The number of hydrazine groups is 1. The molecule has 0 fully saturated rings. The number of nitrogens with one attached hydrogen (secondary N) is 4. The Morgan fingerprint density at radius 3 is 2.58 bits per heavy atom. The summed E-state index contributed by atoms with van der Waals surface area (Å²) in [7, 11) is -4.07. The number of amides is 2. The summed E-state index contributed by atoms with van der Waals surface area (Å²) in [5.74, 6) is -1.13. The molecule has 5 N–H and O–H groups in total. The average Bonchev–Trinajstić information content (AvgIpc) is 3.34. The number of halogens is 4. The van der Waals surface area contributed by atoms with Crippen LogP contribution in [-0.4, -0.2) is 36.9 Å². The van der Waals surface area contributed by atoms with Gasteiger partial charge >= 0.3 is 6.18 Å². The Balaban J connectivity index is 1.41. The van der Waals surface area contributed by atoms with Gasteiger partial charge < -0.3 is 15.7 Å². The van der Waals surface area contributed by atoms with E-state index < -0.39 is 33.6 Å². The maximum Gasteiger partial charge on any atom is 0.417 e. The summed E-state index contributed by atoms with van der Waals surface area (Å²) in [5.41, 5.74) is 1.34. The molecule has 0 aliphatic carbocycles. The Kier molecular flexibility index (Phi) is 9.54. The number of sulfonamides is 1. The molecule has 3 rings (SSSR count). The maximum atomic E-state index is 12.7. The number of alkyl halides is 3. The molecule has 1 aromatic carbocycles. The van der Waals surface area contributed by atoms with Crippen molar-refractivity contribution in [1.82, 2.24) is 20.6 Å². The molecule has 0 unspecified atom stereocenters. The molecular weight excluding hydrogens is 571 g/mol. The number of nitrogens with zero attached hydrogens (tertiary/aromatic N) is 1. The minimum absolute atomic E-state index is 0.0207. The van der Waals surface area contributed by atoms with Gasteiger partial charge in [-0.3, -0.25) is 15.0 Å². The van der Waals surface area contributed by atoms with Crippen LogP contribution in [0, 0.1) is 0 Å². The normalized spacial score (nSPS) is 11.7. The van der Waals surface area contributed by atoms with Crippen LogP contribution < -0.4 is 20.9 Å². The first kappa shape index (κ1) is 29.2. The molecule has 3 aromatic rings. The van der Waals surface area contributed by atoms with Crippen molar-refractivity contribution in [3.05, 3.63) is 69.7 Å². The zero-order valence-electron chi connectivity index (χ0n) is 19.3. The van der Waals surface area contributed by atoms with Crippen LogP contribution in [0.2, 0.25) is 5.02 Å². The number of rotatable bonds is 11. The van der Waals surface area contributed by atoms with E-state index in [4.69, 9.17) is 11.6 Å². The second-order valence-electron chi connectivity index (χ2n) is 7.69. The largest absolute Gasteiger partial charge is 0.508 e. The van der Waals surface area contributed by atoms with Gasteiger partial charge in [0.25, 0.3) is 15.9 Å². The number of anilines is 1. The fourth-order valence-electron chi connectivity index (χ4n) is 2.93. The Morgan fingerprint density at radius 2 is 1.89 bits per heavy atom. The van der Waals surface area contributed by atoms with Crippen LogP contribution in [-0.2, 0) is 27.5 Å². The molecule has 0 aliphatic heterocycles. The molecule has 0 bridgehead atoms. The van der Waals surface area contributed by atoms with E-state index >= 15 is 0 Å².